The second-order valence-corrected chi connectivity index (χ2v) is 16.5. The lowest BCUT2D eigenvalue weighted by Crippen LogP contribution is -2.14. The highest BCUT2D eigenvalue weighted by Gasteiger charge is 2.19. The molecule has 1 aliphatic rings. The minimum absolute atomic E-state index is 0.590. The van der Waals surface area contributed by atoms with Gasteiger partial charge in [0.05, 0.1) is 0 Å². The van der Waals surface area contributed by atoms with Gasteiger partial charge in [-0.3, -0.25) is 0 Å². The van der Waals surface area contributed by atoms with Crippen LogP contribution in [-0.2, 0) is 0 Å². The van der Waals surface area contributed by atoms with Gasteiger partial charge >= 0.3 is 0 Å². The summed E-state index contributed by atoms with van der Waals surface area (Å²) in [7, 11) is 3.75. The molecule has 1 N–H and O–H groups in total. The summed E-state index contributed by atoms with van der Waals surface area (Å²) in [6, 6.07) is 0. The Morgan fingerprint density at radius 1 is 0.808 bits per heavy atom. The van der Waals surface area contributed by atoms with E-state index in [0.717, 1.165) is 30.1 Å². The van der Waals surface area contributed by atoms with E-state index >= 15 is 0 Å². The van der Waals surface area contributed by atoms with Crippen molar-refractivity contribution < 1.29 is 0 Å². The SMILES string of the molecule is C/C=C\CC.C=C(C)CCCCC(C)C(C)C.CC.CC/C=C\CCC(C)(CC)CCC.CC1CCC(S)CC1.CCC.CCC(C)CC.CNC. The number of hydrogen-bond donors (Lipinski definition) is 2. The summed E-state index contributed by atoms with van der Waals surface area (Å²) in [5.41, 5.74) is 1.92. The van der Waals surface area contributed by atoms with Gasteiger partial charge in [-0.05, 0) is 128 Å². The van der Waals surface area contributed by atoms with Crippen molar-refractivity contribution >= 4 is 12.6 Å². The molecular formula is C50H109NS. The molecule has 0 radical (unpaired) electrons. The largest absolute Gasteiger partial charge is 0.323 e. The smallest absolute Gasteiger partial charge is 0.00170 e. The molecule has 0 aromatic heterocycles. The molecule has 0 aliphatic heterocycles. The van der Waals surface area contributed by atoms with Crippen molar-refractivity contribution in [1.82, 2.24) is 5.32 Å². The number of nitrogens with one attached hydrogen (secondary N) is 1. The van der Waals surface area contributed by atoms with Crippen LogP contribution in [0.4, 0.5) is 0 Å². The maximum Gasteiger partial charge on any atom is 0.00170 e. The van der Waals surface area contributed by atoms with Crippen LogP contribution in [0.5, 0.6) is 0 Å². The molecule has 0 aromatic rings. The molecule has 0 aromatic carbocycles. The third-order valence-corrected chi connectivity index (χ3v) is 10.0. The van der Waals surface area contributed by atoms with Gasteiger partial charge in [-0.15, -0.1) is 6.58 Å². The van der Waals surface area contributed by atoms with Gasteiger partial charge in [0.15, 0.2) is 0 Å². The minimum atomic E-state index is 0.590. The first-order valence-electron chi connectivity index (χ1n) is 22.7. The van der Waals surface area contributed by atoms with Gasteiger partial charge in [0.1, 0.15) is 0 Å². The van der Waals surface area contributed by atoms with E-state index < -0.39 is 0 Å². The van der Waals surface area contributed by atoms with Crippen molar-refractivity contribution in [1.29, 1.82) is 0 Å². The zero-order chi connectivity index (χ0) is 42.2. The minimum Gasteiger partial charge on any atom is -0.323 e. The first-order chi connectivity index (χ1) is 24.6. The van der Waals surface area contributed by atoms with E-state index in [2.05, 4.69) is 153 Å². The molecule has 1 fully saturated rings. The highest BCUT2D eigenvalue weighted by atomic mass is 32.1. The van der Waals surface area contributed by atoms with Crippen LogP contribution in [0.3, 0.4) is 0 Å². The fraction of sp³-hybridized carbons (Fsp3) is 0.880. The second kappa shape index (κ2) is 57.3. The molecule has 52 heavy (non-hydrogen) atoms. The summed E-state index contributed by atoms with van der Waals surface area (Å²) in [5.74, 6) is 3.63. The Morgan fingerprint density at radius 2 is 1.27 bits per heavy atom. The molecule has 2 unspecified atom stereocenters. The normalized spacial score (nSPS) is 16.2. The first-order valence-corrected chi connectivity index (χ1v) is 23.2. The van der Waals surface area contributed by atoms with Gasteiger partial charge in [-0.25, -0.2) is 0 Å². The van der Waals surface area contributed by atoms with E-state index in [1.807, 2.05) is 34.9 Å². The molecule has 1 rings (SSSR count). The Hall–Kier alpha value is -0.470. The van der Waals surface area contributed by atoms with E-state index in [1.54, 1.807) is 0 Å². The first kappa shape index (κ1) is 66.4. The summed E-state index contributed by atoms with van der Waals surface area (Å²) in [6.07, 6.45) is 32.4. The average Bonchev–Trinajstić information content (AvgIpc) is 3.12. The van der Waals surface area contributed by atoms with Gasteiger partial charge in [-0.2, -0.15) is 12.6 Å². The lowest BCUT2D eigenvalue weighted by Gasteiger charge is -2.27. The Morgan fingerprint density at radius 3 is 1.54 bits per heavy atom. The molecule has 320 valence electrons. The van der Waals surface area contributed by atoms with Crippen LogP contribution < -0.4 is 5.32 Å². The molecule has 0 saturated heterocycles. The van der Waals surface area contributed by atoms with E-state index in [1.165, 1.54) is 115 Å². The lowest BCUT2D eigenvalue weighted by molar-refractivity contribution is 0.260. The Bertz CT molecular complexity index is 627. The van der Waals surface area contributed by atoms with E-state index in [-0.39, 0.29) is 0 Å². The van der Waals surface area contributed by atoms with Gasteiger partial charge < -0.3 is 5.32 Å². The summed E-state index contributed by atoms with van der Waals surface area (Å²) in [5, 5.41) is 3.46. The summed E-state index contributed by atoms with van der Waals surface area (Å²) in [4.78, 5) is 0. The van der Waals surface area contributed by atoms with Gasteiger partial charge in [0.25, 0.3) is 0 Å². The molecule has 1 saturated carbocycles. The number of rotatable bonds is 16. The molecule has 2 atom stereocenters. The van der Waals surface area contributed by atoms with Crippen LogP contribution in [0, 0.1) is 29.1 Å². The number of unbranched alkanes of at least 4 members (excludes halogenated alkanes) is 1. The molecule has 1 aliphatic carbocycles. The zero-order valence-corrected chi connectivity index (χ0v) is 41.5. The number of allylic oxidation sites excluding steroid dienone is 5. The van der Waals surface area contributed by atoms with Crippen molar-refractivity contribution in [3.63, 3.8) is 0 Å². The van der Waals surface area contributed by atoms with Gasteiger partial charge in [0.2, 0.25) is 0 Å². The van der Waals surface area contributed by atoms with Crippen molar-refractivity contribution in [3.05, 3.63) is 36.5 Å². The Kier molecular flexibility index (Phi) is 73.1. The van der Waals surface area contributed by atoms with Crippen molar-refractivity contribution in [2.45, 2.75) is 245 Å². The maximum absolute atomic E-state index is 4.40. The van der Waals surface area contributed by atoms with Crippen molar-refractivity contribution in [3.8, 4) is 0 Å². The number of hydrogen-bond acceptors (Lipinski definition) is 2. The lowest BCUT2D eigenvalue weighted by atomic mass is 9.79. The van der Waals surface area contributed by atoms with Crippen LogP contribution in [0.15, 0.2) is 36.5 Å². The number of thiol groups is 1. The van der Waals surface area contributed by atoms with E-state index in [0.29, 0.717) is 10.7 Å². The van der Waals surface area contributed by atoms with Crippen LogP contribution in [0.25, 0.3) is 0 Å². The molecule has 1 nitrogen and oxygen atoms in total. The van der Waals surface area contributed by atoms with E-state index in [4.69, 9.17) is 0 Å². The van der Waals surface area contributed by atoms with Crippen molar-refractivity contribution in [2.75, 3.05) is 14.1 Å². The fourth-order valence-corrected chi connectivity index (χ4v) is 5.09. The Labute approximate surface area is 341 Å². The average molecular weight is 756 g/mol. The molecular weight excluding hydrogens is 647 g/mol. The third kappa shape index (κ3) is 71.0. The van der Waals surface area contributed by atoms with Crippen LogP contribution in [0.2, 0.25) is 0 Å². The summed E-state index contributed by atoms with van der Waals surface area (Å²) >= 11 is 4.40. The molecule has 0 spiro atoms. The molecule has 0 heterocycles. The summed E-state index contributed by atoms with van der Waals surface area (Å²) in [6.45, 7) is 43.7. The van der Waals surface area contributed by atoms with E-state index in [9.17, 15) is 0 Å². The molecule has 0 amide bonds. The maximum atomic E-state index is 4.40. The van der Waals surface area contributed by atoms with Crippen LogP contribution >= 0.6 is 12.6 Å². The topological polar surface area (TPSA) is 12.0 Å². The molecule has 0 bridgehead atoms. The fourth-order valence-electron chi connectivity index (χ4n) is 4.79. The second-order valence-electron chi connectivity index (χ2n) is 15.8. The van der Waals surface area contributed by atoms with Gasteiger partial charge in [0, 0.05) is 5.25 Å². The summed E-state index contributed by atoms with van der Waals surface area (Å²) < 4.78 is 0. The predicted octanol–water partition coefficient (Wildman–Crippen LogP) is 18.6. The Balaban J connectivity index is -0.0000000954. The molecule has 2 heteroatoms. The highest BCUT2D eigenvalue weighted by molar-refractivity contribution is 7.80. The third-order valence-electron chi connectivity index (χ3n) is 9.53. The van der Waals surface area contributed by atoms with Crippen LogP contribution in [-0.4, -0.2) is 19.3 Å². The standard InChI is InChI=1S/C13H26.C12H24.C7H14S.C6H14.C5H10.C3H8.C2H7N.C2H6/c1-5-8-9-10-12-13(4,7-3)11-6-2;1-10(2)8-6-7-9-12(5)11(3)4;1-6-2-4-7(8)5-3-6;1-4-6(3)5-2;1-3-5-4-2;2*1-3-2;1-2/h8-9H,5-7,10-12H2,1-4H3;11-12H,1,6-9H2,2-5H3;6-8H,2-5H2,1H3;6H,4-5H2,1-3H3;3,5H,4H2,1-2H3;3H2,1-2H3;3H,1-2H3;1-2H3/b9-8-;;;;5-3-;;;. The zero-order valence-electron chi connectivity index (χ0n) is 40.6. The predicted molar refractivity (Wildman–Crippen MR) is 257 cm³/mol. The highest BCUT2D eigenvalue weighted by Crippen LogP contribution is 2.32. The monoisotopic (exact) mass is 756 g/mol. The van der Waals surface area contributed by atoms with Crippen LogP contribution in [0.1, 0.15) is 240 Å². The van der Waals surface area contributed by atoms with Crippen molar-refractivity contribution in [2.24, 2.45) is 29.1 Å². The van der Waals surface area contributed by atoms with Gasteiger partial charge in [-0.1, -0.05) is 186 Å². The quantitative estimate of drug-likeness (QED) is 0.0908.